The van der Waals surface area contributed by atoms with Crippen molar-refractivity contribution in [1.29, 1.82) is 0 Å². The highest BCUT2D eigenvalue weighted by Gasteiger charge is 2.67. The number of benzene rings is 2. The van der Waals surface area contributed by atoms with Crippen LogP contribution in [0.1, 0.15) is 121 Å². The monoisotopic (exact) mass is 734 g/mol. The predicted molar refractivity (Wildman–Crippen MR) is 216 cm³/mol. The van der Waals surface area contributed by atoms with E-state index in [-0.39, 0.29) is 23.5 Å². The molecular formula is C50H71NO3. The number of aliphatic hydroxyl groups is 3. The Morgan fingerprint density at radius 2 is 1.35 bits per heavy atom. The number of hydrogen-bond acceptors (Lipinski definition) is 4. The molecule has 4 heteroatoms. The van der Waals surface area contributed by atoms with Crippen LogP contribution in [-0.2, 0) is 12.8 Å². The van der Waals surface area contributed by atoms with Gasteiger partial charge in [0, 0.05) is 19.1 Å². The Kier molecular flexibility index (Phi) is 9.48. The minimum absolute atomic E-state index is 0.140. The summed E-state index contributed by atoms with van der Waals surface area (Å²) in [6.07, 6.45) is 19.5. The Morgan fingerprint density at radius 1 is 0.630 bits per heavy atom. The SMILES string of the molecule is CC1CCC2N(C1)CC1C3CC4C(CC(O)C5CC(O)CCC54C)C3CCC1C2(O)C1CC(Cc2ccccc2)CC2(CCC(Cc3ccccc3)C2)C1. The summed E-state index contributed by atoms with van der Waals surface area (Å²) in [6.45, 7) is 7.32. The molecule has 1 spiro atoms. The van der Waals surface area contributed by atoms with Crippen molar-refractivity contribution in [1.82, 2.24) is 4.90 Å². The molecule has 17 atom stereocenters. The Morgan fingerprint density at radius 3 is 2.11 bits per heavy atom. The number of nitrogens with zero attached hydrogens (tertiary/aromatic N) is 1. The van der Waals surface area contributed by atoms with E-state index >= 15 is 0 Å². The second-order valence-corrected chi connectivity index (χ2v) is 21.8. The van der Waals surface area contributed by atoms with Gasteiger partial charge in [-0.25, -0.2) is 0 Å². The summed E-state index contributed by atoms with van der Waals surface area (Å²) in [7, 11) is 0. The van der Waals surface area contributed by atoms with Crippen molar-refractivity contribution >= 4 is 0 Å². The van der Waals surface area contributed by atoms with Gasteiger partial charge < -0.3 is 15.3 Å². The molecule has 10 rings (SSSR count). The average Bonchev–Trinajstić information content (AvgIpc) is 3.74. The lowest BCUT2D eigenvalue weighted by Crippen LogP contribution is -2.71. The normalized spacial score (nSPS) is 50.1. The van der Waals surface area contributed by atoms with E-state index in [1.54, 1.807) is 0 Å². The van der Waals surface area contributed by atoms with Gasteiger partial charge in [-0.1, -0.05) is 74.5 Å². The van der Waals surface area contributed by atoms with Crippen LogP contribution in [0.4, 0.5) is 0 Å². The molecule has 8 fully saturated rings. The first kappa shape index (κ1) is 36.6. The van der Waals surface area contributed by atoms with Gasteiger partial charge >= 0.3 is 0 Å². The summed E-state index contributed by atoms with van der Waals surface area (Å²) in [6, 6.07) is 22.9. The molecule has 3 N–H and O–H groups in total. The number of aliphatic hydroxyl groups excluding tert-OH is 2. The predicted octanol–water partition coefficient (Wildman–Crippen LogP) is 9.35. The maximum absolute atomic E-state index is 14.2. The Labute approximate surface area is 326 Å². The summed E-state index contributed by atoms with van der Waals surface area (Å²) >= 11 is 0. The Hall–Kier alpha value is -1.72. The van der Waals surface area contributed by atoms with Crippen molar-refractivity contribution in [3.8, 4) is 0 Å². The number of hydrogen-bond donors (Lipinski definition) is 3. The van der Waals surface area contributed by atoms with Crippen LogP contribution in [0.2, 0.25) is 0 Å². The standard InChI is InChI=1S/C50H71NO3/c1-32-13-16-47-50(54,37-23-36(22-34-11-7-4-8-12-34)28-49(29-37)20-17-35(27-49)21-33-9-5-3-6-10-33)43-15-14-39-40(42(43)31-51(47)30-32)25-44-41(39)26-46(53)45-24-38(52)18-19-48(44,45)2/h3-12,32,35-47,52-54H,13-31H2,1-2H3. The summed E-state index contributed by atoms with van der Waals surface area (Å²) in [5, 5.41) is 36.6. The lowest BCUT2D eigenvalue weighted by Gasteiger charge is -2.64. The zero-order valence-corrected chi connectivity index (χ0v) is 33.6. The van der Waals surface area contributed by atoms with Crippen LogP contribution in [-0.4, -0.2) is 57.2 Å². The molecule has 2 heterocycles. The van der Waals surface area contributed by atoms with Gasteiger partial charge in [-0.15, -0.1) is 0 Å². The van der Waals surface area contributed by atoms with E-state index < -0.39 is 5.60 Å². The van der Waals surface area contributed by atoms with Crippen molar-refractivity contribution in [2.45, 2.75) is 147 Å². The second-order valence-electron chi connectivity index (χ2n) is 21.8. The van der Waals surface area contributed by atoms with Crippen molar-refractivity contribution in [2.24, 2.45) is 75.9 Å². The fraction of sp³-hybridized carbons (Fsp3) is 0.760. The zero-order valence-electron chi connectivity index (χ0n) is 33.6. The van der Waals surface area contributed by atoms with Crippen LogP contribution in [0.25, 0.3) is 0 Å². The van der Waals surface area contributed by atoms with Crippen molar-refractivity contribution in [2.75, 3.05) is 13.1 Å². The first-order valence-corrected chi connectivity index (χ1v) is 23.0. The molecule has 0 amide bonds. The van der Waals surface area contributed by atoms with Gasteiger partial charge in [0.25, 0.3) is 0 Å². The lowest BCUT2D eigenvalue weighted by molar-refractivity contribution is -0.224. The van der Waals surface area contributed by atoms with Crippen molar-refractivity contribution in [3.05, 3.63) is 71.8 Å². The largest absolute Gasteiger partial charge is 0.393 e. The van der Waals surface area contributed by atoms with Gasteiger partial charge in [0.1, 0.15) is 0 Å². The Balaban J connectivity index is 0.981. The summed E-state index contributed by atoms with van der Waals surface area (Å²) in [4.78, 5) is 2.87. The summed E-state index contributed by atoms with van der Waals surface area (Å²) in [5.74, 6) is 6.29. The molecule has 2 aromatic carbocycles. The molecule has 0 radical (unpaired) electrons. The highest BCUT2D eigenvalue weighted by Crippen LogP contribution is 2.69. The van der Waals surface area contributed by atoms with E-state index in [2.05, 4.69) is 79.4 Å². The van der Waals surface area contributed by atoms with E-state index in [0.29, 0.717) is 64.7 Å². The van der Waals surface area contributed by atoms with Gasteiger partial charge in [0.2, 0.25) is 0 Å². The molecule has 54 heavy (non-hydrogen) atoms. The van der Waals surface area contributed by atoms with E-state index in [0.717, 1.165) is 51.0 Å². The quantitative estimate of drug-likeness (QED) is 0.287. The first-order valence-electron chi connectivity index (χ1n) is 23.0. The molecule has 2 aliphatic heterocycles. The minimum Gasteiger partial charge on any atom is -0.393 e. The molecule has 6 saturated carbocycles. The fourth-order valence-corrected chi connectivity index (χ4v) is 17.0. The van der Waals surface area contributed by atoms with Crippen LogP contribution >= 0.6 is 0 Å². The van der Waals surface area contributed by atoms with Crippen molar-refractivity contribution < 1.29 is 15.3 Å². The minimum atomic E-state index is -0.622. The second kappa shape index (κ2) is 14.0. The molecule has 6 aliphatic carbocycles. The maximum atomic E-state index is 14.2. The van der Waals surface area contributed by atoms with E-state index in [4.69, 9.17) is 0 Å². The van der Waals surface area contributed by atoms with Gasteiger partial charge in [0.15, 0.2) is 0 Å². The average molecular weight is 734 g/mol. The zero-order chi connectivity index (χ0) is 36.8. The molecule has 17 unspecified atom stereocenters. The van der Waals surface area contributed by atoms with Crippen LogP contribution in [0.15, 0.2) is 60.7 Å². The molecule has 0 aromatic heterocycles. The fourth-order valence-electron chi connectivity index (χ4n) is 17.0. The van der Waals surface area contributed by atoms with Gasteiger partial charge in [-0.3, -0.25) is 4.90 Å². The summed E-state index contributed by atoms with van der Waals surface area (Å²) in [5.41, 5.74) is 2.85. The molecule has 4 nitrogen and oxygen atoms in total. The molecular weight excluding hydrogens is 663 g/mol. The molecule has 0 bridgehead atoms. The number of piperidine rings is 2. The van der Waals surface area contributed by atoms with Crippen LogP contribution in [0.5, 0.6) is 0 Å². The lowest BCUT2D eigenvalue weighted by atomic mass is 9.49. The topological polar surface area (TPSA) is 63.9 Å². The summed E-state index contributed by atoms with van der Waals surface area (Å²) < 4.78 is 0. The highest BCUT2D eigenvalue weighted by molar-refractivity contribution is 5.21. The third-order valence-electron chi connectivity index (χ3n) is 18.9. The smallest absolute Gasteiger partial charge is 0.0861 e. The van der Waals surface area contributed by atoms with E-state index in [1.807, 2.05) is 0 Å². The van der Waals surface area contributed by atoms with Gasteiger partial charge in [-0.2, -0.15) is 0 Å². The third kappa shape index (κ3) is 6.12. The molecule has 2 aromatic rings. The van der Waals surface area contributed by atoms with E-state index in [1.165, 1.54) is 88.3 Å². The Bertz CT molecular complexity index is 1620. The van der Waals surface area contributed by atoms with Crippen LogP contribution in [0.3, 0.4) is 0 Å². The molecule has 294 valence electrons. The van der Waals surface area contributed by atoms with E-state index in [9.17, 15) is 15.3 Å². The van der Waals surface area contributed by atoms with Crippen LogP contribution in [0, 0.1) is 75.9 Å². The first-order chi connectivity index (χ1) is 26.1. The number of fused-ring (bicyclic) bond motifs is 8. The molecule has 8 aliphatic rings. The van der Waals surface area contributed by atoms with Crippen LogP contribution < -0.4 is 0 Å². The highest BCUT2D eigenvalue weighted by atomic mass is 16.3. The van der Waals surface area contributed by atoms with Gasteiger partial charge in [0.05, 0.1) is 17.8 Å². The maximum Gasteiger partial charge on any atom is 0.0861 e. The number of rotatable bonds is 5. The third-order valence-corrected chi connectivity index (χ3v) is 18.9. The molecule has 2 saturated heterocycles. The van der Waals surface area contributed by atoms with Gasteiger partial charge in [-0.05, 0) is 196 Å². The van der Waals surface area contributed by atoms with Crippen molar-refractivity contribution in [3.63, 3.8) is 0 Å².